The Morgan fingerprint density at radius 1 is 1.32 bits per heavy atom. The van der Waals surface area contributed by atoms with Gasteiger partial charge in [0.1, 0.15) is 5.82 Å². The fraction of sp³-hybridized carbons (Fsp3) is 0.333. The Balaban J connectivity index is 1.41. The molecule has 112 valence electrons. The van der Waals surface area contributed by atoms with Gasteiger partial charge in [0, 0.05) is 30.4 Å². The maximum atomic E-state index is 12.2. The summed E-state index contributed by atoms with van der Waals surface area (Å²) in [4.78, 5) is 12.2. The summed E-state index contributed by atoms with van der Waals surface area (Å²) in [7, 11) is 0. The molecule has 1 amide bonds. The maximum Gasteiger partial charge on any atom is 0.272 e. The molecule has 22 heavy (non-hydrogen) atoms. The van der Waals surface area contributed by atoms with E-state index in [2.05, 4.69) is 25.7 Å². The molecule has 2 N–H and O–H groups in total. The van der Waals surface area contributed by atoms with Gasteiger partial charge in [0.05, 0.1) is 0 Å². The van der Waals surface area contributed by atoms with Gasteiger partial charge in [-0.3, -0.25) is 14.3 Å². The molecule has 3 heterocycles. The average Bonchev–Trinajstić information content (AvgIpc) is 3.22. The first kappa shape index (κ1) is 13.0. The third kappa shape index (κ3) is 2.14. The van der Waals surface area contributed by atoms with Crippen molar-refractivity contribution in [2.75, 3.05) is 6.54 Å². The first-order chi connectivity index (χ1) is 10.8. The van der Waals surface area contributed by atoms with Crippen molar-refractivity contribution in [3.05, 3.63) is 47.2 Å². The highest BCUT2D eigenvalue weighted by atomic mass is 16.1. The fourth-order valence-electron chi connectivity index (χ4n) is 2.94. The van der Waals surface area contributed by atoms with Crippen LogP contribution < -0.4 is 5.32 Å². The topological polar surface area (TPSA) is 88.0 Å². The number of hydrogen-bond acceptors (Lipinski definition) is 4. The van der Waals surface area contributed by atoms with Crippen LogP contribution in [0, 0.1) is 0 Å². The summed E-state index contributed by atoms with van der Waals surface area (Å²) in [6.07, 6.45) is 5.57. The Kier molecular flexibility index (Phi) is 3.10. The largest absolute Gasteiger partial charge is 0.350 e. The van der Waals surface area contributed by atoms with E-state index >= 15 is 0 Å². The van der Waals surface area contributed by atoms with Gasteiger partial charge in [-0.25, -0.2) is 0 Å². The van der Waals surface area contributed by atoms with Gasteiger partial charge in [0.25, 0.3) is 5.91 Å². The van der Waals surface area contributed by atoms with Crippen LogP contribution in [0.15, 0.2) is 24.4 Å². The SMILES string of the molecule is O=C(NCCc1nnc2ccccn12)c1n[nH]c2c1CCC2. The zero-order valence-corrected chi connectivity index (χ0v) is 12.0. The lowest BCUT2D eigenvalue weighted by molar-refractivity contribution is 0.0948. The summed E-state index contributed by atoms with van der Waals surface area (Å²) >= 11 is 0. The number of H-pyrrole nitrogens is 1. The van der Waals surface area contributed by atoms with E-state index in [1.165, 1.54) is 0 Å². The number of aromatic nitrogens is 5. The number of nitrogens with one attached hydrogen (secondary N) is 2. The number of carbonyl (C=O) groups excluding carboxylic acids is 1. The molecule has 1 aliphatic carbocycles. The van der Waals surface area contributed by atoms with Gasteiger partial charge in [-0.2, -0.15) is 5.10 Å². The van der Waals surface area contributed by atoms with Crippen molar-refractivity contribution in [3.63, 3.8) is 0 Å². The van der Waals surface area contributed by atoms with Crippen molar-refractivity contribution in [2.24, 2.45) is 0 Å². The zero-order valence-electron chi connectivity index (χ0n) is 12.0. The van der Waals surface area contributed by atoms with Gasteiger partial charge in [0.2, 0.25) is 0 Å². The van der Waals surface area contributed by atoms with Crippen LogP contribution in [0.4, 0.5) is 0 Å². The van der Waals surface area contributed by atoms with Crippen molar-refractivity contribution in [3.8, 4) is 0 Å². The van der Waals surface area contributed by atoms with Crippen LogP contribution in [0.3, 0.4) is 0 Å². The Labute approximate surface area is 126 Å². The van der Waals surface area contributed by atoms with E-state index in [9.17, 15) is 4.79 Å². The van der Waals surface area contributed by atoms with E-state index in [0.717, 1.165) is 42.0 Å². The first-order valence-electron chi connectivity index (χ1n) is 7.46. The van der Waals surface area contributed by atoms with Crippen molar-refractivity contribution >= 4 is 11.6 Å². The molecule has 0 spiro atoms. The van der Waals surface area contributed by atoms with Crippen LogP contribution in [0.5, 0.6) is 0 Å². The molecule has 3 aromatic heterocycles. The molecule has 0 saturated carbocycles. The second kappa shape index (κ2) is 5.25. The number of rotatable bonds is 4. The molecule has 0 radical (unpaired) electrons. The molecule has 0 aliphatic heterocycles. The lowest BCUT2D eigenvalue weighted by Gasteiger charge is -2.03. The quantitative estimate of drug-likeness (QED) is 0.749. The summed E-state index contributed by atoms with van der Waals surface area (Å²) in [6, 6.07) is 5.77. The molecule has 0 bridgehead atoms. The Hall–Kier alpha value is -2.70. The van der Waals surface area contributed by atoms with Crippen LogP contribution in [-0.2, 0) is 19.3 Å². The van der Waals surface area contributed by atoms with Crippen LogP contribution in [0.1, 0.15) is 34.0 Å². The average molecular weight is 296 g/mol. The molecule has 0 fully saturated rings. The number of hydrogen-bond donors (Lipinski definition) is 2. The number of carbonyl (C=O) groups is 1. The third-order valence-electron chi connectivity index (χ3n) is 4.04. The highest BCUT2D eigenvalue weighted by molar-refractivity contribution is 5.94. The molecule has 0 atom stereocenters. The summed E-state index contributed by atoms with van der Waals surface area (Å²) < 4.78 is 1.93. The van der Waals surface area contributed by atoms with Gasteiger partial charge in [0.15, 0.2) is 11.3 Å². The van der Waals surface area contributed by atoms with E-state index in [1.54, 1.807) is 0 Å². The molecular weight excluding hydrogens is 280 g/mol. The van der Waals surface area contributed by atoms with E-state index in [4.69, 9.17) is 0 Å². The summed E-state index contributed by atoms with van der Waals surface area (Å²) in [5.41, 5.74) is 3.53. The van der Waals surface area contributed by atoms with Crippen molar-refractivity contribution < 1.29 is 4.79 Å². The Morgan fingerprint density at radius 2 is 2.27 bits per heavy atom. The number of pyridine rings is 1. The van der Waals surface area contributed by atoms with Gasteiger partial charge < -0.3 is 5.32 Å². The number of nitrogens with zero attached hydrogens (tertiary/aromatic N) is 4. The number of fused-ring (bicyclic) bond motifs is 2. The van der Waals surface area contributed by atoms with Gasteiger partial charge in [-0.05, 0) is 31.4 Å². The van der Waals surface area contributed by atoms with Crippen LogP contribution in [0.25, 0.3) is 5.65 Å². The number of aryl methyl sites for hydroxylation is 1. The lowest BCUT2D eigenvalue weighted by Crippen LogP contribution is -2.27. The third-order valence-corrected chi connectivity index (χ3v) is 4.04. The molecule has 1 aliphatic rings. The summed E-state index contributed by atoms with van der Waals surface area (Å²) in [5, 5.41) is 18.3. The highest BCUT2D eigenvalue weighted by Crippen LogP contribution is 2.22. The van der Waals surface area contributed by atoms with Gasteiger partial charge in [-0.1, -0.05) is 6.07 Å². The van der Waals surface area contributed by atoms with Crippen LogP contribution in [0.2, 0.25) is 0 Å². The van der Waals surface area contributed by atoms with Crippen LogP contribution in [-0.4, -0.2) is 37.2 Å². The van der Waals surface area contributed by atoms with E-state index in [1.807, 2.05) is 28.8 Å². The van der Waals surface area contributed by atoms with Gasteiger partial charge in [-0.15, -0.1) is 10.2 Å². The molecule has 0 aromatic carbocycles. The fourth-order valence-corrected chi connectivity index (χ4v) is 2.94. The second-order valence-corrected chi connectivity index (χ2v) is 5.43. The van der Waals surface area contributed by atoms with Crippen molar-refractivity contribution in [2.45, 2.75) is 25.7 Å². The van der Waals surface area contributed by atoms with E-state index in [-0.39, 0.29) is 5.91 Å². The Bertz CT molecular complexity index is 834. The summed E-state index contributed by atoms with van der Waals surface area (Å²) in [5.74, 6) is 0.719. The standard InChI is InChI=1S/C15H16N6O/c22-15(14-10-4-3-5-11(10)17-20-14)16-8-7-13-19-18-12-6-1-2-9-21(12)13/h1-2,6,9H,3-5,7-8H2,(H,16,22)(H,17,20). The van der Waals surface area contributed by atoms with Crippen LogP contribution >= 0.6 is 0 Å². The minimum Gasteiger partial charge on any atom is -0.350 e. The highest BCUT2D eigenvalue weighted by Gasteiger charge is 2.22. The lowest BCUT2D eigenvalue weighted by atomic mass is 10.2. The number of aromatic amines is 1. The van der Waals surface area contributed by atoms with Crippen molar-refractivity contribution in [1.29, 1.82) is 0 Å². The molecule has 7 nitrogen and oxygen atoms in total. The normalized spacial score (nSPS) is 13.5. The van der Waals surface area contributed by atoms with Crippen molar-refractivity contribution in [1.82, 2.24) is 30.1 Å². The molecule has 0 saturated heterocycles. The molecular formula is C15H16N6O. The first-order valence-corrected chi connectivity index (χ1v) is 7.46. The smallest absolute Gasteiger partial charge is 0.272 e. The zero-order chi connectivity index (χ0) is 14.9. The molecule has 3 aromatic rings. The molecule has 0 unspecified atom stereocenters. The predicted molar refractivity (Wildman–Crippen MR) is 79.6 cm³/mol. The minimum absolute atomic E-state index is 0.117. The molecule has 4 rings (SSSR count). The number of amides is 1. The predicted octanol–water partition coefficient (Wildman–Crippen LogP) is 0.914. The maximum absolute atomic E-state index is 12.2. The van der Waals surface area contributed by atoms with E-state index in [0.29, 0.717) is 18.7 Å². The monoisotopic (exact) mass is 296 g/mol. The minimum atomic E-state index is -0.117. The van der Waals surface area contributed by atoms with Gasteiger partial charge >= 0.3 is 0 Å². The van der Waals surface area contributed by atoms with E-state index < -0.39 is 0 Å². The summed E-state index contributed by atoms with van der Waals surface area (Å²) in [6.45, 7) is 0.510. The Morgan fingerprint density at radius 3 is 3.23 bits per heavy atom. The molecule has 7 heteroatoms. The second-order valence-electron chi connectivity index (χ2n) is 5.43.